The van der Waals surface area contributed by atoms with Crippen LogP contribution in [0.4, 0.5) is 0 Å². The second-order valence-electron chi connectivity index (χ2n) is 5.01. The number of quaternary nitrogens is 1. The molecule has 0 amide bonds. The molecule has 0 bridgehead atoms. The minimum Gasteiger partial charge on any atom is -0.330 e. The highest BCUT2D eigenvalue weighted by atomic mass is 32.1. The average Bonchev–Trinajstić information content (AvgIpc) is 3.08. The summed E-state index contributed by atoms with van der Waals surface area (Å²) in [6.45, 7) is 1.61. The number of piperidine rings is 1. The predicted molar refractivity (Wildman–Crippen MR) is 86.2 cm³/mol. The average molecular weight is 302 g/mol. The van der Waals surface area contributed by atoms with Crippen molar-refractivity contribution in [3.05, 3.63) is 55.9 Å². The molecule has 1 aliphatic heterocycles. The van der Waals surface area contributed by atoms with Crippen LogP contribution in [0, 0.1) is 0 Å². The summed E-state index contributed by atoms with van der Waals surface area (Å²) in [5.41, 5.74) is 1.83. The van der Waals surface area contributed by atoms with Crippen LogP contribution in [0.15, 0.2) is 46.2 Å². The lowest BCUT2D eigenvalue weighted by Crippen LogP contribution is -3.10. The van der Waals surface area contributed by atoms with Crippen molar-refractivity contribution < 1.29 is 9.69 Å². The van der Waals surface area contributed by atoms with Gasteiger partial charge in [-0.3, -0.25) is 4.79 Å². The summed E-state index contributed by atoms with van der Waals surface area (Å²) in [5.74, 6) is 0.206. The predicted octanol–water partition coefficient (Wildman–Crippen LogP) is 2.37. The highest BCUT2D eigenvalue weighted by Crippen LogP contribution is 2.19. The second kappa shape index (κ2) is 5.87. The zero-order valence-corrected chi connectivity index (χ0v) is 12.9. The van der Waals surface area contributed by atoms with E-state index in [-0.39, 0.29) is 5.78 Å². The molecule has 2 aromatic heterocycles. The summed E-state index contributed by atoms with van der Waals surface area (Å²) in [6.07, 6.45) is 4.08. The first-order valence-corrected chi connectivity index (χ1v) is 8.32. The largest absolute Gasteiger partial charge is 0.330 e. The zero-order chi connectivity index (χ0) is 13.9. The van der Waals surface area contributed by atoms with E-state index in [1.54, 1.807) is 22.7 Å². The first kappa shape index (κ1) is 13.5. The maximum Gasteiger partial charge on any atom is 0.196 e. The van der Waals surface area contributed by atoms with Crippen LogP contribution in [-0.2, 0) is 4.79 Å². The Hall–Kier alpha value is -1.49. The minimum absolute atomic E-state index is 0.206. The van der Waals surface area contributed by atoms with Gasteiger partial charge in [0.25, 0.3) is 0 Å². The van der Waals surface area contributed by atoms with Crippen LogP contribution in [0.25, 0.3) is 12.2 Å². The first-order chi connectivity index (χ1) is 9.72. The molecule has 0 spiro atoms. The quantitative estimate of drug-likeness (QED) is 0.845. The van der Waals surface area contributed by atoms with Gasteiger partial charge < -0.3 is 4.90 Å². The number of carbonyl (C=O) groups is 1. The summed E-state index contributed by atoms with van der Waals surface area (Å²) in [6, 6.07) is 8.14. The molecule has 1 fully saturated rings. The van der Waals surface area contributed by atoms with Gasteiger partial charge >= 0.3 is 0 Å². The highest BCUT2D eigenvalue weighted by molar-refractivity contribution is 7.11. The Labute approximate surface area is 126 Å². The molecule has 2 nitrogen and oxygen atoms in total. The van der Waals surface area contributed by atoms with Crippen LogP contribution in [0.3, 0.4) is 0 Å². The van der Waals surface area contributed by atoms with Crippen LogP contribution >= 0.6 is 22.7 Å². The van der Waals surface area contributed by atoms with E-state index in [2.05, 4.69) is 19.2 Å². The molecular formula is C16H16NOS2+. The SMILES string of the molecule is C[NH+]1C/C(=C\c2cccs2)C(=O)/C(=C/c2cccs2)C1. The summed E-state index contributed by atoms with van der Waals surface area (Å²) in [5, 5.41) is 4.08. The molecule has 102 valence electrons. The van der Waals surface area contributed by atoms with E-state index in [0.29, 0.717) is 0 Å². The van der Waals surface area contributed by atoms with Gasteiger partial charge in [0, 0.05) is 9.75 Å². The number of likely N-dealkylation sites (N-methyl/N-ethyl adjacent to an activating group) is 1. The third-order valence-corrected chi connectivity index (χ3v) is 4.93. The molecule has 3 heterocycles. The van der Waals surface area contributed by atoms with Gasteiger partial charge in [-0.05, 0) is 35.0 Å². The summed E-state index contributed by atoms with van der Waals surface area (Å²) in [7, 11) is 2.14. The number of Topliss-reactive ketones (excluding diaryl/α,β-unsaturated/α-hetero) is 1. The third-order valence-electron chi connectivity index (χ3n) is 3.29. The van der Waals surface area contributed by atoms with E-state index in [9.17, 15) is 4.79 Å². The van der Waals surface area contributed by atoms with Crippen LogP contribution in [-0.4, -0.2) is 25.9 Å². The maximum atomic E-state index is 12.6. The Balaban J connectivity index is 1.92. The number of thiophene rings is 2. The van der Waals surface area contributed by atoms with Crippen molar-refractivity contribution in [3.63, 3.8) is 0 Å². The van der Waals surface area contributed by atoms with E-state index in [4.69, 9.17) is 0 Å². The molecule has 4 heteroatoms. The summed E-state index contributed by atoms with van der Waals surface area (Å²) < 4.78 is 0. The molecule has 0 atom stereocenters. The minimum atomic E-state index is 0.206. The summed E-state index contributed by atoms with van der Waals surface area (Å²) in [4.78, 5) is 16.2. The van der Waals surface area contributed by atoms with Crippen molar-refractivity contribution in [2.45, 2.75) is 0 Å². The molecule has 2 aromatic rings. The Morgan fingerprint density at radius 2 is 1.50 bits per heavy atom. The number of carbonyl (C=O) groups excluding carboxylic acids is 1. The van der Waals surface area contributed by atoms with Gasteiger partial charge in [-0.15, -0.1) is 22.7 Å². The molecular weight excluding hydrogens is 286 g/mol. The lowest BCUT2D eigenvalue weighted by atomic mass is 9.97. The summed E-state index contributed by atoms with van der Waals surface area (Å²) >= 11 is 3.34. The normalized spacial score (nSPS) is 23.6. The molecule has 0 radical (unpaired) electrons. The van der Waals surface area contributed by atoms with E-state index in [1.807, 2.05) is 35.0 Å². The van der Waals surface area contributed by atoms with Crippen LogP contribution in [0.5, 0.6) is 0 Å². The fraction of sp³-hybridized carbons (Fsp3) is 0.188. The molecule has 3 rings (SSSR count). The molecule has 20 heavy (non-hydrogen) atoms. The van der Waals surface area contributed by atoms with Crippen LogP contribution in [0.1, 0.15) is 9.75 Å². The Bertz CT molecular complexity index is 594. The van der Waals surface area contributed by atoms with Gasteiger partial charge in [0.05, 0.1) is 18.2 Å². The molecule has 0 unspecified atom stereocenters. The number of nitrogens with one attached hydrogen (secondary N) is 1. The van der Waals surface area contributed by atoms with E-state index in [0.717, 1.165) is 34.0 Å². The van der Waals surface area contributed by atoms with E-state index in [1.165, 1.54) is 4.90 Å². The Morgan fingerprint density at radius 1 is 1.00 bits per heavy atom. The van der Waals surface area contributed by atoms with Crippen molar-refractivity contribution in [2.75, 3.05) is 20.1 Å². The van der Waals surface area contributed by atoms with Crippen molar-refractivity contribution in [1.29, 1.82) is 0 Å². The van der Waals surface area contributed by atoms with Gasteiger partial charge in [-0.1, -0.05) is 12.1 Å². The molecule has 1 N–H and O–H groups in total. The topological polar surface area (TPSA) is 21.5 Å². The van der Waals surface area contributed by atoms with Crippen molar-refractivity contribution in [2.24, 2.45) is 0 Å². The molecule has 1 aliphatic rings. The van der Waals surface area contributed by atoms with Gasteiger partial charge in [0.1, 0.15) is 13.1 Å². The zero-order valence-electron chi connectivity index (χ0n) is 11.3. The number of hydrogen-bond acceptors (Lipinski definition) is 3. The fourth-order valence-corrected chi connectivity index (χ4v) is 3.77. The van der Waals surface area contributed by atoms with Crippen molar-refractivity contribution in [1.82, 2.24) is 0 Å². The molecule has 0 aliphatic carbocycles. The van der Waals surface area contributed by atoms with Crippen LogP contribution in [0.2, 0.25) is 0 Å². The maximum absolute atomic E-state index is 12.6. The fourth-order valence-electron chi connectivity index (χ4n) is 2.40. The van der Waals surface area contributed by atoms with Gasteiger partial charge in [-0.2, -0.15) is 0 Å². The number of rotatable bonds is 2. The number of likely N-dealkylation sites (tertiary alicyclic amines) is 1. The molecule has 1 saturated heterocycles. The van der Waals surface area contributed by atoms with Crippen molar-refractivity contribution in [3.8, 4) is 0 Å². The lowest BCUT2D eigenvalue weighted by Gasteiger charge is -2.23. The van der Waals surface area contributed by atoms with E-state index >= 15 is 0 Å². The van der Waals surface area contributed by atoms with Crippen LogP contribution < -0.4 is 4.90 Å². The number of ketones is 1. The number of hydrogen-bond donors (Lipinski definition) is 1. The molecule has 0 saturated carbocycles. The molecule has 0 aromatic carbocycles. The Morgan fingerprint density at radius 3 is 1.90 bits per heavy atom. The second-order valence-corrected chi connectivity index (χ2v) is 6.97. The Kier molecular flexibility index (Phi) is 3.96. The highest BCUT2D eigenvalue weighted by Gasteiger charge is 2.27. The van der Waals surface area contributed by atoms with Gasteiger partial charge in [0.15, 0.2) is 5.78 Å². The smallest absolute Gasteiger partial charge is 0.196 e. The standard InChI is InChI=1S/C16H15NOS2/c1-17-10-12(8-14-4-2-6-19-14)16(18)13(11-17)9-15-5-3-7-20-15/h2-9H,10-11H2,1H3/p+1/b12-8+,13-9+. The monoisotopic (exact) mass is 302 g/mol. The first-order valence-electron chi connectivity index (χ1n) is 6.56. The van der Waals surface area contributed by atoms with Gasteiger partial charge in [0.2, 0.25) is 0 Å². The van der Waals surface area contributed by atoms with E-state index < -0.39 is 0 Å². The van der Waals surface area contributed by atoms with Crippen molar-refractivity contribution >= 4 is 40.6 Å². The lowest BCUT2D eigenvalue weighted by molar-refractivity contribution is -0.870. The third kappa shape index (κ3) is 2.98. The van der Waals surface area contributed by atoms with Gasteiger partial charge in [-0.25, -0.2) is 0 Å².